The number of nitrogens with one attached hydrogen (secondary N) is 2. The van der Waals surface area contributed by atoms with E-state index in [-0.39, 0.29) is 5.41 Å². The third kappa shape index (κ3) is 2.50. The summed E-state index contributed by atoms with van der Waals surface area (Å²) in [7, 11) is 0. The summed E-state index contributed by atoms with van der Waals surface area (Å²) in [5.74, 6) is 1.18. The van der Waals surface area contributed by atoms with Crippen molar-refractivity contribution in [1.29, 1.82) is 0 Å². The lowest BCUT2D eigenvalue weighted by molar-refractivity contribution is -0.170. The molecule has 2 unspecified atom stereocenters. The van der Waals surface area contributed by atoms with E-state index in [9.17, 15) is 4.79 Å². The maximum atomic E-state index is 13.0. The predicted octanol–water partition coefficient (Wildman–Crippen LogP) is 3.24. The fourth-order valence-corrected chi connectivity index (χ4v) is 7.25. The summed E-state index contributed by atoms with van der Waals surface area (Å²) in [6.45, 7) is 6.90. The molecule has 4 bridgehead atoms. The number of hydrogen-bond donors (Lipinski definition) is 2. The van der Waals surface area contributed by atoms with E-state index in [4.69, 9.17) is 0 Å². The summed E-state index contributed by atoms with van der Waals surface area (Å²) >= 11 is 0. The lowest BCUT2D eigenvalue weighted by atomic mass is 9.40. The average molecular weight is 304 g/mol. The molecule has 4 aliphatic carbocycles. The van der Waals surface area contributed by atoms with Crippen molar-refractivity contribution in [3.05, 3.63) is 0 Å². The third-order valence-corrected chi connectivity index (χ3v) is 7.05. The second kappa shape index (κ2) is 4.96. The number of amides is 1. The van der Waals surface area contributed by atoms with Gasteiger partial charge in [-0.3, -0.25) is 4.79 Å². The molecule has 124 valence electrons. The minimum Gasteiger partial charge on any atom is -0.356 e. The van der Waals surface area contributed by atoms with Gasteiger partial charge in [0.15, 0.2) is 0 Å². The molecule has 2 N–H and O–H groups in total. The van der Waals surface area contributed by atoms with Crippen molar-refractivity contribution in [2.24, 2.45) is 22.2 Å². The molecule has 3 atom stereocenters. The smallest absolute Gasteiger partial charge is 0.226 e. The Hall–Kier alpha value is -0.570. The molecular formula is C19H32N2O. The molecule has 1 aliphatic heterocycles. The number of carbonyl (C=O) groups is 1. The summed E-state index contributed by atoms with van der Waals surface area (Å²) in [6.07, 6.45) is 11.2. The largest absolute Gasteiger partial charge is 0.356 e. The van der Waals surface area contributed by atoms with Crippen LogP contribution in [0.3, 0.4) is 0 Å². The second-order valence-corrected chi connectivity index (χ2v) is 9.75. The van der Waals surface area contributed by atoms with Gasteiger partial charge in [-0.1, -0.05) is 13.8 Å². The van der Waals surface area contributed by atoms with Gasteiger partial charge in [0.05, 0.1) is 5.41 Å². The summed E-state index contributed by atoms with van der Waals surface area (Å²) in [5, 5.41) is 6.85. The third-order valence-electron chi connectivity index (χ3n) is 7.05. The molecule has 0 spiro atoms. The van der Waals surface area contributed by atoms with E-state index < -0.39 is 0 Å². The van der Waals surface area contributed by atoms with Crippen LogP contribution in [0.4, 0.5) is 0 Å². The van der Waals surface area contributed by atoms with Gasteiger partial charge >= 0.3 is 0 Å². The molecule has 5 fully saturated rings. The SMILES string of the molecule is CC12CC3CC(C)(C1)CC(C(=O)NCC[C@H]1CCCN1)(C3)C2. The average Bonchev–Trinajstić information content (AvgIpc) is 2.87. The van der Waals surface area contributed by atoms with Crippen molar-refractivity contribution in [2.75, 3.05) is 13.1 Å². The Kier molecular flexibility index (Phi) is 3.38. The minimum absolute atomic E-state index is 0.0357. The zero-order chi connectivity index (χ0) is 15.4. The van der Waals surface area contributed by atoms with Crippen LogP contribution in [0.15, 0.2) is 0 Å². The first-order valence-corrected chi connectivity index (χ1v) is 9.42. The van der Waals surface area contributed by atoms with E-state index in [1.165, 1.54) is 32.1 Å². The quantitative estimate of drug-likeness (QED) is 0.837. The Balaban J connectivity index is 1.41. The number of hydrogen-bond acceptors (Lipinski definition) is 2. The highest BCUT2D eigenvalue weighted by molar-refractivity contribution is 5.83. The molecule has 1 heterocycles. The van der Waals surface area contributed by atoms with Crippen LogP contribution >= 0.6 is 0 Å². The molecule has 1 amide bonds. The molecule has 4 saturated carbocycles. The molecule has 3 heteroatoms. The van der Waals surface area contributed by atoms with Gasteiger partial charge in [-0.05, 0) is 81.1 Å². The first kappa shape index (κ1) is 15.0. The Bertz CT molecular complexity index is 450. The molecule has 5 rings (SSSR count). The van der Waals surface area contributed by atoms with Gasteiger partial charge in [0.25, 0.3) is 0 Å². The van der Waals surface area contributed by atoms with Crippen LogP contribution in [-0.2, 0) is 4.79 Å². The summed E-state index contributed by atoms with van der Waals surface area (Å²) in [6, 6.07) is 0.631. The summed E-state index contributed by atoms with van der Waals surface area (Å²) < 4.78 is 0. The zero-order valence-corrected chi connectivity index (χ0v) is 14.3. The van der Waals surface area contributed by atoms with E-state index in [1.54, 1.807) is 0 Å². The lowest BCUT2D eigenvalue weighted by Crippen LogP contribution is -2.60. The van der Waals surface area contributed by atoms with E-state index in [0.29, 0.717) is 22.8 Å². The molecule has 3 nitrogen and oxygen atoms in total. The maximum Gasteiger partial charge on any atom is 0.226 e. The highest BCUT2D eigenvalue weighted by atomic mass is 16.2. The number of rotatable bonds is 4. The van der Waals surface area contributed by atoms with Gasteiger partial charge in [-0.25, -0.2) is 0 Å². The van der Waals surface area contributed by atoms with E-state index >= 15 is 0 Å². The van der Waals surface area contributed by atoms with Crippen molar-refractivity contribution in [2.45, 2.75) is 77.7 Å². The predicted molar refractivity (Wildman–Crippen MR) is 88.5 cm³/mol. The Morgan fingerprint density at radius 3 is 2.45 bits per heavy atom. The second-order valence-electron chi connectivity index (χ2n) is 9.75. The standard InChI is InChI=1S/C19H32N2O/c1-17-8-14-9-18(2,11-17)13-19(10-14,12-17)16(22)21-7-5-15-4-3-6-20-15/h14-15,20H,3-13H2,1-2H3,(H,21,22)/t14?,15-,17?,18?,19?/m1/s1. The van der Waals surface area contributed by atoms with Gasteiger partial charge in [0.1, 0.15) is 0 Å². The molecule has 0 aromatic rings. The molecule has 0 aromatic heterocycles. The first-order chi connectivity index (χ1) is 10.4. The molecule has 22 heavy (non-hydrogen) atoms. The van der Waals surface area contributed by atoms with Crippen molar-refractivity contribution >= 4 is 5.91 Å². The fourth-order valence-electron chi connectivity index (χ4n) is 7.25. The van der Waals surface area contributed by atoms with Crippen LogP contribution in [0, 0.1) is 22.2 Å². The topological polar surface area (TPSA) is 41.1 Å². The van der Waals surface area contributed by atoms with Gasteiger partial charge in [-0.2, -0.15) is 0 Å². The van der Waals surface area contributed by atoms with Crippen molar-refractivity contribution in [3.8, 4) is 0 Å². The van der Waals surface area contributed by atoms with E-state index in [0.717, 1.165) is 44.7 Å². The van der Waals surface area contributed by atoms with Crippen molar-refractivity contribution in [1.82, 2.24) is 10.6 Å². The van der Waals surface area contributed by atoms with Crippen LogP contribution in [-0.4, -0.2) is 25.0 Å². The van der Waals surface area contributed by atoms with E-state index in [2.05, 4.69) is 24.5 Å². The Morgan fingerprint density at radius 2 is 1.86 bits per heavy atom. The van der Waals surface area contributed by atoms with Gasteiger partial charge in [-0.15, -0.1) is 0 Å². The monoisotopic (exact) mass is 304 g/mol. The van der Waals surface area contributed by atoms with E-state index in [1.807, 2.05) is 0 Å². The van der Waals surface area contributed by atoms with Gasteiger partial charge in [0, 0.05) is 12.6 Å². The van der Waals surface area contributed by atoms with Gasteiger partial charge in [0.2, 0.25) is 5.91 Å². The Labute approximate surface area is 135 Å². The highest BCUT2D eigenvalue weighted by Crippen LogP contribution is 2.69. The molecule has 0 aromatic carbocycles. The lowest BCUT2D eigenvalue weighted by Gasteiger charge is -2.64. The first-order valence-electron chi connectivity index (χ1n) is 9.42. The van der Waals surface area contributed by atoms with Crippen LogP contribution in [0.1, 0.15) is 71.6 Å². The van der Waals surface area contributed by atoms with Crippen molar-refractivity contribution < 1.29 is 4.79 Å². The van der Waals surface area contributed by atoms with Crippen LogP contribution in [0.2, 0.25) is 0 Å². The Morgan fingerprint density at radius 1 is 1.14 bits per heavy atom. The summed E-state index contributed by atoms with van der Waals surface area (Å²) in [4.78, 5) is 13.0. The fraction of sp³-hybridized carbons (Fsp3) is 0.947. The van der Waals surface area contributed by atoms with Crippen LogP contribution in [0.25, 0.3) is 0 Å². The minimum atomic E-state index is -0.0357. The number of carbonyl (C=O) groups excluding carboxylic acids is 1. The molecular weight excluding hydrogens is 272 g/mol. The van der Waals surface area contributed by atoms with Crippen LogP contribution in [0.5, 0.6) is 0 Å². The van der Waals surface area contributed by atoms with Crippen LogP contribution < -0.4 is 10.6 Å². The summed E-state index contributed by atoms with van der Waals surface area (Å²) in [5.41, 5.74) is 0.822. The molecule has 5 aliphatic rings. The molecule has 0 radical (unpaired) electrons. The highest BCUT2D eigenvalue weighted by Gasteiger charge is 2.62. The normalized spacial score (nSPS) is 49.5. The zero-order valence-electron chi connectivity index (χ0n) is 14.3. The maximum absolute atomic E-state index is 13.0. The molecule has 1 saturated heterocycles. The van der Waals surface area contributed by atoms with Gasteiger partial charge < -0.3 is 10.6 Å². The van der Waals surface area contributed by atoms with Crippen molar-refractivity contribution in [3.63, 3.8) is 0 Å².